The van der Waals surface area contributed by atoms with Gasteiger partial charge in [0.15, 0.2) is 0 Å². The lowest BCUT2D eigenvalue weighted by atomic mass is 10.4. The number of aliphatic imine (C=N–C) groups is 2. The Morgan fingerprint density at radius 3 is 1.86 bits per heavy atom. The summed E-state index contributed by atoms with van der Waals surface area (Å²) in [6, 6.07) is 3.70. The van der Waals surface area contributed by atoms with E-state index >= 15 is 0 Å². The van der Waals surface area contributed by atoms with Crippen molar-refractivity contribution in [3.05, 3.63) is 21.9 Å². The molecule has 0 unspecified atom stereocenters. The highest BCUT2D eigenvalue weighted by Crippen LogP contribution is 2.17. The molecule has 0 aromatic carbocycles. The molecule has 0 radical (unpaired) electrons. The van der Waals surface area contributed by atoms with Crippen molar-refractivity contribution in [1.82, 2.24) is 0 Å². The van der Waals surface area contributed by atoms with Crippen LogP contribution >= 0.6 is 24.8 Å². The Hall–Kier alpha value is -1.19. The number of isocyanates is 2. The van der Waals surface area contributed by atoms with Gasteiger partial charge in [-0.1, -0.05) is 0 Å². The van der Waals surface area contributed by atoms with Gasteiger partial charge in [0, 0.05) is 9.75 Å². The maximum atomic E-state index is 9.80. The lowest BCUT2D eigenvalue weighted by Crippen LogP contribution is -1.71. The molecule has 0 aliphatic heterocycles. The van der Waals surface area contributed by atoms with Gasteiger partial charge < -0.3 is 0 Å². The normalized spacial score (nSPS) is 8.00. The van der Waals surface area contributed by atoms with Gasteiger partial charge in [-0.15, -0.1) is 11.3 Å². The molecule has 74 valence electrons. The fourth-order valence-electron chi connectivity index (χ4n) is 0.813. The molecule has 0 aliphatic rings. The van der Waals surface area contributed by atoms with Crippen LogP contribution in [0.1, 0.15) is 9.75 Å². The van der Waals surface area contributed by atoms with Gasteiger partial charge in [0.25, 0.3) is 0 Å². The van der Waals surface area contributed by atoms with Crippen molar-refractivity contribution in [2.24, 2.45) is 9.98 Å². The Bertz CT molecular complexity index is 342. The Morgan fingerprint density at radius 2 is 1.50 bits per heavy atom. The number of hydrogen-bond donors (Lipinski definition) is 0. The molecule has 1 aromatic rings. The van der Waals surface area contributed by atoms with Gasteiger partial charge in [0.05, 0.1) is 13.1 Å². The zero-order valence-corrected chi connectivity index (χ0v) is 9.00. The average molecular weight is 228 g/mol. The lowest BCUT2D eigenvalue weighted by molar-refractivity contribution is 0.562. The zero-order valence-electron chi connectivity index (χ0n) is 7.19. The fraction of sp³-hybridized carbons (Fsp3) is 0.250. The van der Waals surface area contributed by atoms with Crippen LogP contribution in [0.3, 0.4) is 0 Å². The van der Waals surface area contributed by atoms with Gasteiger partial charge in [-0.3, -0.25) is 0 Å². The van der Waals surface area contributed by atoms with Crippen LogP contribution in [0, 0.1) is 0 Å². The zero-order chi connectivity index (χ0) is 9.52. The van der Waals surface area contributed by atoms with Gasteiger partial charge in [-0.25, -0.2) is 19.6 Å². The topological polar surface area (TPSA) is 58.9 Å². The molecule has 0 aliphatic carbocycles. The number of rotatable bonds is 4. The first-order chi connectivity index (χ1) is 6.36. The average Bonchev–Trinajstić information content (AvgIpc) is 2.59. The third-order valence-electron chi connectivity index (χ3n) is 1.32. The molecule has 6 heteroatoms. The fourth-order valence-corrected chi connectivity index (χ4v) is 1.68. The monoisotopic (exact) mass is 228 g/mol. The summed E-state index contributed by atoms with van der Waals surface area (Å²) in [5.41, 5.74) is 0. The van der Waals surface area contributed by atoms with Crippen molar-refractivity contribution < 1.29 is 9.59 Å². The molecule has 1 rings (SSSR count). The minimum absolute atomic E-state index is 0. The number of carbonyl (C=O) groups excluding carboxylic acids is 2. The lowest BCUT2D eigenvalue weighted by Gasteiger charge is -1.84. The van der Waals surface area contributed by atoms with E-state index in [0.29, 0.717) is 13.1 Å². The minimum atomic E-state index is 0. The predicted molar refractivity (Wildman–Crippen MR) is 58.4 cm³/mol. The second kappa shape index (κ2) is 7.24. The summed E-state index contributed by atoms with van der Waals surface area (Å²) in [5.74, 6) is 0. The van der Waals surface area contributed by atoms with Gasteiger partial charge in [-0.05, 0) is 12.1 Å². The predicted octanol–water partition coefficient (Wildman–Crippen LogP) is 1.53. The molecule has 0 N–H and O–H groups in total. The summed E-state index contributed by atoms with van der Waals surface area (Å²) in [5, 5.41) is 0. The van der Waals surface area contributed by atoms with Crippen LogP contribution in [-0.4, -0.2) is 12.2 Å². The van der Waals surface area contributed by atoms with Gasteiger partial charge in [0.2, 0.25) is 12.2 Å². The third kappa shape index (κ3) is 4.16. The highest BCUT2D eigenvalue weighted by molar-refractivity contribution is 7.59. The standard InChI is InChI=1S/C8H6N2O2S.H2S/c11-5-9-3-7-1-2-8(13-7)4-10-6-12;/h1-2H,3-4H2;1H2. The highest BCUT2D eigenvalue weighted by Gasteiger charge is 1.97. The number of hydrogen-bond acceptors (Lipinski definition) is 5. The molecule has 0 saturated heterocycles. The van der Waals surface area contributed by atoms with E-state index in [9.17, 15) is 9.59 Å². The van der Waals surface area contributed by atoms with E-state index in [4.69, 9.17) is 0 Å². The summed E-state index contributed by atoms with van der Waals surface area (Å²) >= 11 is 1.47. The SMILES string of the molecule is O=C=NCc1ccc(CN=C=O)s1.S. The van der Waals surface area contributed by atoms with Crippen molar-refractivity contribution in [1.29, 1.82) is 0 Å². The maximum absolute atomic E-state index is 9.80. The molecule has 1 aromatic heterocycles. The van der Waals surface area contributed by atoms with E-state index in [1.807, 2.05) is 12.1 Å². The molecular formula is C8H8N2O2S2. The van der Waals surface area contributed by atoms with E-state index in [0.717, 1.165) is 9.75 Å². The Balaban J connectivity index is 0.00000169. The van der Waals surface area contributed by atoms with E-state index in [1.54, 1.807) is 0 Å². The van der Waals surface area contributed by atoms with Gasteiger partial charge in [0.1, 0.15) is 0 Å². The Labute approximate surface area is 91.8 Å². The van der Waals surface area contributed by atoms with Gasteiger partial charge >= 0.3 is 0 Å². The Morgan fingerprint density at radius 1 is 1.07 bits per heavy atom. The van der Waals surface area contributed by atoms with Crippen LogP contribution in [-0.2, 0) is 22.7 Å². The molecule has 0 fully saturated rings. The van der Waals surface area contributed by atoms with Crippen molar-refractivity contribution in [2.75, 3.05) is 0 Å². The van der Waals surface area contributed by atoms with Crippen LogP contribution in [0.5, 0.6) is 0 Å². The number of thiophene rings is 1. The first-order valence-electron chi connectivity index (χ1n) is 3.51. The molecule has 0 amide bonds. The largest absolute Gasteiger partial charge is 0.235 e. The Kier molecular flexibility index (Phi) is 6.62. The summed E-state index contributed by atoms with van der Waals surface area (Å²) in [4.78, 5) is 28.4. The maximum Gasteiger partial charge on any atom is 0.235 e. The smallest absolute Gasteiger partial charge is 0.211 e. The van der Waals surface area contributed by atoms with E-state index in [2.05, 4.69) is 9.98 Å². The molecule has 0 atom stereocenters. The molecule has 1 heterocycles. The highest BCUT2D eigenvalue weighted by atomic mass is 32.1. The first kappa shape index (κ1) is 12.8. The molecule has 0 bridgehead atoms. The summed E-state index contributed by atoms with van der Waals surface area (Å²) in [7, 11) is 0. The first-order valence-corrected chi connectivity index (χ1v) is 4.33. The van der Waals surface area contributed by atoms with Crippen LogP contribution in [0.2, 0.25) is 0 Å². The van der Waals surface area contributed by atoms with E-state index in [-0.39, 0.29) is 13.5 Å². The van der Waals surface area contributed by atoms with Crippen LogP contribution in [0.4, 0.5) is 0 Å². The third-order valence-corrected chi connectivity index (χ3v) is 2.37. The van der Waals surface area contributed by atoms with E-state index < -0.39 is 0 Å². The second-order valence-corrected chi connectivity index (χ2v) is 3.44. The van der Waals surface area contributed by atoms with Crippen LogP contribution in [0.25, 0.3) is 0 Å². The molecular weight excluding hydrogens is 220 g/mol. The van der Waals surface area contributed by atoms with Crippen molar-refractivity contribution >= 4 is 37.0 Å². The minimum Gasteiger partial charge on any atom is -0.211 e. The number of nitrogens with zero attached hydrogens (tertiary/aromatic N) is 2. The summed E-state index contributed by atoms with van der Waals surface area (Å²) in [6.07, 6.45) is 2.93. The quantitative estimate of drug-likeness (QED) is 0.579. The van der Waals surface area contributed by atoms with Gasteiger partial charge in [-0.2, -0.15) is 13.5 Å². The van der Waals surface area contributed by atoms with Crippen molar-refractivity contribution in [3.8, 4) is 0 Å². The molecule has 0 spiro atoms. The van der Waals surface area contributed by atoms with Crippen LogP contribution in [0.15, 0.2) is 22.1 Å². The van der Waals surface area contributed by atoms with Crippen LogP contribution < -0.4 is 0 Å². The van der Waals surface area contributed by atoms with Crippen molar-refractivity contribution in [3.63, 3.8) is 0 Å². The van der Waals surface area contributed by atoms with E-state index in [1.165, 1.54) is 23.5 Å². The second-order valence-electron chi connectivity index (χ2n) is 2.18. The summed E-state index contributed by atoms with van der Waals surface area (Å²) < 4.78 is 0. The van der Waals surface area contributed by atoms with Crippen molar-refractivity contribution in [2.45, 2.75) is 13.1 Å². The molecule has 4 nitrogen and oxygen atoms in total. The molecule has 14 heavy (non-hydrogen) atoms. The summed E-state index contributed by atoms with van der Waals surface area (Å²) in [6.45, 7) is 0.692. The molecule has 0 saturated carbocycles.